The molecule has 2 aromatic rings. The van der Waals surface area contributed by atoms with Gasteiger partial charge in [-0.2, -0.15) is 0 Å². The van der Waals surface area contributed by atoms with Crippen LogP contribution in [0.4, 0.5) is 4.39 Å². The van der Waals surface area contributed by atoms with Crippen LogP contribution in [0.3, 0.4) is 0 Å². The number of carboxylic acid groups (broad SMARTS) is 1. The Balaban J connectivity index is 2.42. The van der Waals surface area contributed by atoms with Crippen molar-refractivity contribution >= 4 is 17.7 Å². The van der Waals surface area contributed by atoms with Crippen LogP contribution >= 0.6 is 11.8 Å². The Morgan fingerprint density at radius 2 is 2.05 bits per heavy atom. The largest absolute Gasteiger partial charge is 0.478 e. The Morgan fingerprint density at radius 1 is 1.30 bits per heavy atom. The first-order valence-corrected chi connectivity index (χ1v) is 7.09. The molecule has 2 rings (SSSR count). The first-order valence-electron chi connectivity index (χ1n) is 5.87. The molecule has 1 N–H and O–H groups in total. The number of halogens is 1. The highest BCUT2D eigenvalue weighted by atomic mass is 32.2. The van der Waals surface area contributed by atoms with Crippen LogP contribution in [0.15, 0.2) is 41.3 Å². The average Bonchev–Trinajstić information content (AvgIpc) is 2.42. The third kappa shape index (κ3) is 2.93. The summed E-state index contributed by atoms with van der Waals surface area (Å²) < 4.78 is 18.8. The van der Waals surface area contributed by atoms with Crippen molar-refractivity contribution in [2.75, 3.05) is 6.26 Å². The molecule has 0 aromatic heterocycles. The summed E-state index contributed by atoms with van der Waals surface area (Å²) in [5, 5.41) is 9.30. The summed E-state index contributed by atoms with van der Waals surface area (Å²) in [6.07, 6.45) is 1.80. The van der Waals surface area contributed by atoms with Crippen molar-refractivity contribution in [1.29, 1.82) is 0 Å². The van der Waals surface area contributed by atoms with E-state index in [9.17, 15) is 14.3 Å². The molecule has 0 saturated heterocycles. The van der Waals surface area contributed by atoms with E-state index in [2.05, 4.69) is 0 Å². The van der Waals surface area contributed by atoms with E-state index < -0.39 is 5.97 Å². The molecule has 3 nitrogen and oxygen atoms in total. The van der Waals surface area contributed by atoms with Crippen LogP contribution in [0.1, 0.15) is 15.9 Å². The number of aromatic carboxylic acids is 1. The first kappa shape index (κ1) is 14.4. The van der Waals surface area contributed by atoms with Gasteiger partial charge in [0.05, 0.1) is 0 Å². The Bertz CT molecular complexity index is 656. The van der Waals surface area contributed by atoms with E-state index >= 15 is 0 Å². The summed E-state index contributed by atoms with van der Waals surface area (Å²) in [6, 6.07) is 9.33. The standard InChI is InChI=1S/C15H13FO3S/c1-9-8-10(6-7-11(9)16)19-12-4-3-5-13(20-2)14(12)15(17)18/h3-8H,1-2H3,(H,17,18). The van der Waals surface area contributed by atoms with Crippen molar-refractivity contribution in [1.82, 2.24) is 0 Å². The van der Waals surface area contributed by atoms with E-state index in [1.54, 1.807) is 31.4 Å². The van der Waals surface area contributed by atoms with Crippen molar-refractivity contribution < 1.29 is 19.0 Å². The van der Waals surface area contributed by atoms with Crippen LogP contribution in [-0.4, -0.2) is 17.3 Å². The minimum Gasteiger partial charge on any atom is -0.478 e. The smallest absolute Gasteiger partial charge is 0.340 e. The van der Waals surface area contributed by atoms with E-state index in [0.29, 0.717) is 16.2 Å². The number of aryl methyl sites for hydroxylation is 1. The zero-order chi connectivity index (χ0) is 14.7. The maximum absolute atomic E-state index is 13.2. The fourth-order valence-corrected chi connectivity index (χ4v) is 2.39. The number of thioether (sulfide) groups is 1. The average molecular weight is 292 g/mol. The second-order valence-electron chi connectivity index (χ2n) is 4.15. The molecule has 0 aliphatic carbocycles. The number of carbonyl (C=O) groups is 1. The van der Waals surface area contributed by atoms with Gasteiger partial charge in [-0.15, -0.1) is 11.8 Å². The van der Waals surface area contributed by atoms with Gasteiger partial charge >= 0.3 is 5.97 Å². The molecule has 20 heavy (non-hydrogen) atoms. The van der Waals surface area contributed by atoms with Crippen LogP contribution in [0.5, 0.6) is 11.5 Å². The minimum atomic E-state index is -1.05. The number of benzene rings is 2. The first-order chi connectivity index (χ1) is 9.52. The van der Waals surface area contributed by atoms with Crippen molar-refractivity contribution in [3.05, 3.63) is 53.3 Å². The lowest BCUT2D eigenvalue weighted by molar-refractivity contribution is 0.0690. The number of ether oxygens (including phenoxy) is 1. The maximum atomic E-state index is 13.2. The summed E-state index contributed by atoms with van der Waals surface area (Å²) in [5.74, 6) is -0.725. The van der Waals surface area contributed by atoms with Crippen LogP contribution < -0.4 is 4.74 Å². The molecule has 0 aliphatic rings. The predicted octanol–water partition coefficient (Wildman–Crippen LogP) is 4.35. The lowest BCUT2D eigenvalue weighted by Crippen LogP contribution is -2.02. The molecule has 2 aromatic carbocycles. The van der Waals surface area contributed by atoms with E-state index in [0.717, 1.165) is 0 Å². The quantitative estimate of drug-likeness (QED) is 0.851. The SMILES string of the molecule is CSc1cccc(Oc2ccc(F)c(C)c2)c1C(=O)O. The lowest BCUT2D eigenvalue weighted by atomic mass is 10.2. The summed E-state index contributed by atoms with van der Waals surface area (Å²) in [7, 11) is 0. The summed E-state index contributed by atoms with van der Waals surface area (Å²) in [5.41, 5.74) is 0.558. The normalized spacial score (nSPS) is 10.3. The van der Waals surface area contributed by atoms with Gasteiger partial charge < -0.3 is 9.84 Å². The molecule has 0 atom stereocenters. The van der Waals surface area contributed by atoms with Crippen molar-refractivity contribution in [3.8, 4) is 11.5 Å². The van der Waals surface area contributed by atoms with Crippen molar-refractivity contribution in [2.24, 2.45) is 0 Å². The Labute approximate surface area is 120 Å². The van der Waals surface area contributed by atoms with Gasteiger partial charge in [0, 0.05) is 4.90 Å². The van der Waals surface area contributed by atoms with Gasteiger partial charge in [-0.1, -0.05) is 6.07 Å². The maximum Gasteiger partial charge on any atom is 0.340 e. The molecule has 0 bridgehead atoms. The van der Waals surface area contributed by atoms with Crippen molar-refractivity contribution in [3.63, 3.8) is 0 Å². The van der Waals surface area contributed by atoms with Crippen LogP contribution in [0.2, 0.25) is 0 Å². The van der Waals surface area contributed by atoms with Gasteiger partial charge in [-0.25, -0.2) is 9.18 Å². The van der Waals surface area contributed by atoms with Gasteiger partial charge in [-0.3, -0.25) is 0 Å². The molecule has 0 fully saturated rings. The monoisotopic (exact) mass is 292 g/mol. The van der Waals surface area contributed by atoms with Gasteiger partial charge in [0.15, 0.2) is 0 Å². The minimum absolute atomic E-state index is 0.113. The van der Waals surface area contributed by atoms with Crippen LogP contribution in [0, 0.1) is 12.7 Å². The summed E-state index contributed by atoms with van der Waals surface area (Å²) >= 11 is 1.33. The van der Waals surface area contributed by atoms with E-state index in [1.165, 1.54) is 30.0 Å². The number of hydrogen-bond acceptors (Lipinski definition) is 3. The highest BCUT2D eigenvalue weighted by molar-refractivity contribution is 7.98. The highest BCUT2D eigenvalue weighted by Crippen LogP contribution is 2.32. The van der Waals surface area contributed by atoms with E-state index in [1.807, 2.05) is 0 Å². The fraction of sp³-hybridized carbons (Fsp3) is 0.133. The van der Waals surface area contributed by atoms with Gasteiger partial charge in [0.25, 0.3) is 0 Å². The second-order valence-corrected chi connectivity index (χ2v) is 5.00. The topological polar surface area (TPSA) is 46.5 Å². The number of carboxylic acids is 1. The molecule has 0 saturated carbocycles. The highest BCUT2D eigenvalue weighted by Gasteiger charge is 2.17. The summed E-state index contributed by atoms with van der Waals surface area (Å²) in [4.78, 5) is 12.0. The molecular weight excluding hydrogens is 279 g/mol. The molecule has 0 amide bonds. The van der Waals surface area contributed by atoms with Gasteiger partial charge in [-0.05, 0) is 49.1 Å². The molecule has 5 heteroatoms. The fourth-order valence-electron chi connectivity index (χ4n) is 1.78. The Kier molecular flexibility index (Phi) is 4.29. The van der Waals surface area contributed by atoms with Crippen LogP contribution in [0.25, 0.3) is 0 Å². The molecule has 0 aliphatic heterocycles. The number of hydrogen-bond donors (Lipinski definition) is 1. The van der Waals surface area contributed by atoms with Gasteiger partial charge in [0.1, 0.15) is 22.9 Å². The zero-order valence-corrected chi connectivity index (χ0v) is 11.8. The Morgan fingerprint density at radius 3 is 2.65 bits per heavy atom. The Hall–Kier alpha value is -2.01. The molecule has 0 unspecified atom stereocenters. The third-order valence-electron chi connectivity index (χ3n) is 2.78. The van der Waals surface area contributed by atoms with Gasteiger partial charge in [0.2, 0.25) is 0 Å². The lowest BCUT2D eigenvalue weighted by Gasteiger charge is -2.12. The molecule has 0 heterocycles. The molecule has 104 valence electrons. The third-order valence-corrected chi connectivity index (χ3v) is 3.56. The molecular formula is C15H13FO3S. The van der Waals surface area contributed by atoms with Crippen molar-refractivity contribution in [2.45, 2.75) is 11.8 Å². The van der Waals surface area contributed by atoms with E-state index in [-0.39, 0.29) is 17.1 Å². The predicted molar refractivity (Wildman–Crippen MR) is 76.4 cm³/mol. The summed E-state index contributed by atoms with van der Waals surface area (Å²) in [6.45, 7) is 1.62. The van der Waals surface area contributed by atoms with E-state index in [4.69, 9.17) is 4.74 Å². The number of rotatable bonds is 4. The van der Waals surface area contributed by atoms with Crippen LogP contribution in [-0.2, 0) is 0 Å². The molecule has 0 radical (unpaired) electrons. The molecule has 0 spiro atoms. The zero-order valence-electron chi connectivity index (χ0n) is 11.0. The second kappa shape index (κ2) is 5.96.